The Balaban J connectivity index is 1.98. The predicted molar refractivity (Wildman–Crippen MR) is 104 cm³/mol. The minimum Gasteiger partial charge on any atom is -0.492 e. The van der Waals surface area contributed by atoms with Crippen LogP contribution in [0.1, 0.15) is 0 Å². The van der Waals surface area contributed by atoms with E-state index in [1.807, 2.05) is 0 Å². The summed E-state index contributed by atoms with van der Waals surface area (Å²) in [4.78, 5) is 12.7. The van der Waals surface area contributed by atoms with Gasteiger partial charge in [0.2, 0.25) is 5.69 Å². The molecule has 0 saturated carbocycles. The van der Waals surface area contributed by atoms with E-state index in [0.29, 0.717) is 5.69 Å². The fraction of sp³-hybridized carbons (Fsp3) is 0.0556. The van der Waals surface area contributed by atoms with E-state index in [2.05, 4.69) is 10.2 Å². The van der Waals surface area contributed by atoms with Gasteiger partial charge >= 0.3 is 5.82 Å². The highest BCUT2D eigenvalue weighted by atomic mass is 32.2. The van der Waals surface area contributed by atoms with Crippen LogP contribution in [0.15, 0.2) is 70.4 Å². The maximum Gasteiger partial charge on any atom is 0.341 e. The smallest absolute Gasteiger partial charge is 0.341 e. The number of nitrogens with zero attached hydrogens (tertiary/aromatic N) is 5. The summed E-state index contributed by atoms with van der Waals surface area (Å²) in [5, 5.41) is 19.8. The van der Waals surface area contributed by atoms with Crippen molar-refractivity contribution in [3.05, 3.63) is 71.2 Å². The topological polar surface area (TPSA) is 154 Å². The number of tetrazole rings is 1. The summed E-state index contributed by atoms with van der Waals surface area (Å²) in [7, 11) is -3.20. The van der Waals surface area contributed by atoms with Crippen LogP contribution in [-0.2, 0) is 10.1 Å². The summed E-state index contributed by atoms with van der Waals surface area (Å²) in [6.45, 7) is 0. The number of rotatable bonds is 6. The van der Waals surface area contributed by atoms with E-state index in [0.717, 1.165) is 0 Å². The van der Waals surface area contributed by atoms with Gasteiger partial charge < -0.3 is 9.15 Å². The lowest BCUT2D eigenvalue weighted by Crippen LogP contribution is -2.43. The summed E-state index contributed by atoms with van der Waals surface area (Å²) in [5.41, 5.74) is 0.593. The molecule has 0 atom stereocenters. The Morgan fingerprint density at radius 1 is 1.23 bits per heavy atom. The molecule has 2 aromatic heterocycles. The standard InChI is InChI=1S/C18H13N5O7S/c1-29-16-10-12(23(24)25)6-7-15(16)22-20-18(19-21(22)13-8-9-30-11-13)14-4-2-3-5-17(14)31(26,27)28/h2-11H,1H3/p+1. The van der Waals surface area contributed by atoms with Crippen LogP contribution in [0.5, 0.6) is 5.75 Å². The Labute approximate surface area is 174 Å². The molecule has 1 N–H and O–H groups in total. The minimum atomic E-state index is -4.55. The Morgan fingerprint density at radius 3 is 2.65 bits per heavy atom. The highest BCUT2D eigenvalue weighted by Gasteiger charge is 2.30. The second-order valence-corrected chi connectivity index (χ2v) is 7.56. The molecule has 0 saturated heterocycles. The molecule has 31 heavy (non-hydrogen) atoms. The third-order valence-electron chi connectivity index (χ3n) is 4.29. The summed E-state index contributed by atoms with van der Waals surface area (Å²) < 4.78 is 43.6. The Hall–Kier alpha value is -4.10. The average molecular weight is 444 g/mol. The van der Waals surface area contributed by atoms with E-state index in [1.54, 1.807) is 12.1 Å². The number of nitro groups is 1. The molecule has 2 aromatic carbocycles. The molecule has 0 amide bonds. The number of furan rings is 1. The highest BCUT2D eigenvalue weighted by molar-refractivity contribution is 7.86. The van der Waals surface area contributed by atoms with Gasteiger partial charge in [0, 0.05) is 23.0 Å². The SMILES string of the molecule is COc1cc([N+](=O)[O-])ccc1-[n+]1nc(-c2ccccc2S(=O)(=O)O)nn1-c1ccoc1. The monoisotopic (exact) mass is 444 g/mol. The quantitative estimate of drug-likeness (QED) is 0.203. The molecule has 0 aliphatic heterocycles. The number of benzene rings is 2. The molecule has 0 aliphatic carbocycles. The summed E-state index contributed by atoms with van der Waals surface area (Å²) in [6, 6.07) is 11.2. The van der Waals surface area contributed by atoms with Gasteiger partial charge in [0.25, 0.3) is 15.8 Å². The average Bonchev–Trinajstić information content (AvgIpc) is 3.42. The van der Waals surface area contributed by atoms with Crippen molar-refractivity contribution in [3.63, 3.8) is 0 Å². The van der Waals surface area contributed by atoms with E-state index in [-0.39, 0.29) is 33.4 Å². The van der Waals surface area contributed by atoms with Crippen molar-refractivity contribution in [2.24, 2.45) is 0 Å². The van der Waals surface area contributed by atoms with Crippen molar-refractivity contribution in [1.29, 1.82) is 0 Å². The number of ether oxygens (including phenoxy) is 1. The molecule has 2 heterocycles. The Morgan fingerprint density at radius 2 is 2.00 bits per heavy atom. The Kier molecular flexibility index (Phi) is 4.96. The molecule has 4 rings (SSSR count). The van der Waals surface area contributed by atoms with Crippen molar-refractivity contribution < 1.29 is 31.8 Å². The third kappa shape index (κ3) is 3.74. The maximum atomic E-state index is 11.8. The van der Waals surface area contributed by atoms with E-state index >= 15 is 0 Å². The third-order valence-corrected chi connectivity index (χ3v) is 5.20. The summed E-state index contributed by atoms with van der Waals surface area (Å²) >= 11 is 0. The molecule has 0 aliphatic rings. The second kappa shape index (κ2) is 7.62. The van der Waals surface area contributed by atoms with Gasteiger partial charge in [-0.2, -0.15) is 8.42 Å². The first-order chi connectivity index (χ1) is 14.8. The molecule has 158 valence electrons. The molecule has 0 spiro atoms. The Bertz CT molecular complexity index is 1380. The van der Waals surface area contributed by atoms with Crippen LogP contribution in [0.25, 0.3) is 22.8 Å². The van der Waals surface area contributed by atoms with Crippen LogP contribution < -0.4 is 9.53 Å². The normalized spacial score (nSPS) is 11.4. The lowest BCUT2D eigenvalue weighted by molar-refractivity contribution is -0.734. The van der Waals surface area contributed by atoms with Crippen molar-refractivity contribution in [2.45, 2.75) is 4.90 Å². The van der Waals surface area contributed by atoms with Crippen molar-refractivity contribution in [2.75, 3.05) is 7.11 Å². The molecule has 13 heteroatoms. The molecule has 0 unspecified atom stereocenters. The number of methoxy groups -OCH3 is 1. The summed E-state index contributed by atoms with van der Waals surface area (Å²) in [6.07, 6.45) is 2.78. The maximum absolute atomic E-state index is 11.8. The number of hydrogen-bond donors (Lipinski definition) is 1. The van der Waals surface area contributed by atoms with Gasteiger partial charge in [0.15, 0.2) is 11.4 Å². The lowest BCUT2D eigenvalue weighted by Gasteiger charge is -2.04. The van der Waals surface area contributed by atoms with Crippen molar-refractivity contribution in [3.8, 4) is 28.5 Å². The number of non-ortho nitro benzene ring substituents is 1. The van der Waals surface area contributed by atoms with Gasteiger partial charge in [0.1, 0.15) is 11.2 Å². The van der Waals surface area contributed by atoms with Gasteiger partial charge in [-0.05, 0) is 22.0 Å². The van der Waals surface area contributed by atoms with Crippen LogP contribution in [0.3, 0.4) is 0 Å². The van der Waals surface area contributed by atoms with Gasteiger partial charge in [-0.1, -0.05) is 12.1 Å². The largest absolute Gasteiger partial charge is 0.492 e. The number of aromatic nitrogens is 4. The zero-order chi connectivity index (χ0) is 22.2. The van der Waals surface area contributed by atoms with Gasteiger partial charge in [-0.3, -0.25) is 14.7 Å². The second-order valence-electron chi connectivity index (χ2n) is 6.17. The fourth-order valence-electron chi connectivity index (χ4n) is 2.91. The highest BCUT2D eigenvalue weighted by Crippen LogP contribution is 2.27. The first kappa shape index (κ1) is 20.2. The van der Waals surface area contributed by atoms with Crippen LogP contribution in [0.2, 0.25) is 0 Å². The van der Waals surface area contributed by atoms with Crippen LogP contribution >= 0.6 is 0 Å². The molecule has 0 fully saturated rings. The zero-order valence-corrected chi connectivity index (χ0v) is 16.6. The zero-order valence-electron chi connectivity index (χ0n) is 15.8. The van der Waals surface area contributed by atoms with Crippen LogP contribution in [0.4, 0.5) is 5.69 Å². The molecule has 0 bridgehead atoms. The molecular weight excluding hydrogens is 430 g/mol. The first-order valence-corrected chi connectivity index (χ1v) is 10.1. The minimum absolute atomic E-state index is 0.0326. The van der Waals surface area contributed by atoms with Gasteiger partial charge in [0.05, 0.1) is 35.0 Å². The van der Waals surface area contributed by atoms with E-state index in [4.69, 9.17) is 9.15 Å². The molecule has 12 nitrogen and oxygen atoms in total. The van der Waals surface area contributed by atoms with Crippen LogP contribution in [-0.4, -0.2) is 40.0 Å². The van der Waals surface area contributed by atoms with Crippen molar-refractivity contribution >= 4 is 15.8 Å². The number of hydrogen-bond acceptors (Lipinski definition) is 8. The lowest BCUT2D eigenvalue weighted by atomic mass is 10.2. The predicted octanol–water partition coefficient (Wildman–Crippen LogP) is 1.97. The first-order valence-electron chi connectivity index (χ1n) is 8.61. The van der Waals surface area contributed by atoms with Gasteiger partial charge in [-0.15, -0.1) is 0 Å². The molecular formula is C18H14N5O7S+. The molecule has 0 radical (unpaired) electrons. The number of nitro benzene ring substituents is 1. The fourth-order valence-corrected chi connectivity index (χ4v) is 3.60. The van der Waals surface area contributed by atoms with E-state index in [9.17, 15) is 23.1 Å². The van der Waals surface area contributed by atoms with Crippen LogP contribution in [0, 0.1) is 10.1 Å². The summed E-state index contributed by atoms with van der Waals surface area (Å²) in [5.74, 6) is 0.0980. The van der Waals surface area contributed by atoms with E-state index < -0.39 is 15.0 Å². The van der Waals surface area contributed by atoms with Crippen molar-refractivity contribution in [1.82, 2.24) is 15.0 Å². The van der Waals surface area contributed by atoms with Gasteiger partial charge in [-0.25, -0.2) is 0 Å². The van der Waals surface area contributed by atoms with E-state index in [1.165, 1.54) is 65.6 Å². The molecule has 4 aromatic rings.